The molecule has 0 saturated carbocycles. The number of nitrogens with zero attached hydrogens (tertiary/aromatic N) is 2. The molecule has 1 atom stereocenters. The maximum absolute atomic E-state index is 13.4. The number of carbonyl (C=O) groups excluding carboxylic acids is 2. The van der Waals surface area contributed by atoms with Gasteiger partial charge in [-0.15, -0.1) is 0 Å². The van der Waals surface area contributed by atoms with Gasteiger partial charge in [-0.25, -0.2) is 0 Å². The van der Waals surface area contributed by atoms with E-state index in [4.69, 9.17) is 0 Å². The summed E-state index contributed by atoms with van der Waals surface area (Å²) in [7, 11) is 0. The second-order valence-electron chi connectivity index (χ2n) is 9.15. The van der Waals surface area contributed by atoms with Gasteiger partial charge in [0.15, 0.2) is 0 Å². The Morgan fingerprint density at radius 2 is 1.75 bits per heavy atom. The second kappa shape index (κ2) is 10.3. The molecule has 2 saturated heterocycles. The van der Waals surface area contributed by atoms with Crippen LogP contribution < -0.4 is 5.32 Å². The van der Waals surface area contributed by atoms with E-state index < -0.39 is 0 Å². The lowest BCUT2D eigenvalue weighted by atomic mass is 9.90. The zero-order chi connectivity index (χ0) is 22.5. The van der Waals surface area contributed by atoms with E-state index in [1.54, 1.807) is 0 Å². The molecular formula is C27H35N3O2. The van der Waals surface area contributed by atoms with Gasteiger partial charge in [-0.2, -0.15) is 0 Å². The number of aryl methyl sites for hydroxylation is 1. The minimum absolute atomic E-state index is 0.0834. The predicted octanol–water partition coefficient (Wildman–Crippen LogP) is 3.51. The maximum Gasteiger partial charge on any atom is 0.227 e. The lowest BCUT2D eigenvalue weighted by Crippen LogP contribution is -2.43. The number of nitrogens with one attached hydrogen (secondary N) is 1. The van der Waals surface area contributed by atoms with E-state index in [1.807, 2.05) is 22.8 Å². The summed E-state index contributed by atoms with van der Waals surface area (Å²) in [5, 5.41) is 3.34. The molecule has 0 bridgehead atoms. The van der Waals surface area contributed by atoms with Crippen molar-refractivity contribution in [3.05, 3.63) is 59.7 Å². The molecule has 0 aliphatic carbocycles. The third-order valence-corrected chi connectivity index (χ3v) is 6.97. The largest absolute Gasteiger partial charge is 0.341 e. The van der Waals surface area contributed by atoms with Crippen LogP contribution in [0.3, 0.4) is 0 Å². The number of piperidine rings is 1. The third kappa shape index (κ3) is 5.04. The van der Waals surface area contributed by atoms with E-state index in [0.29, 0.717) is 32.6 Å². The van der Waals surface area contributed by atoms with E-state index in [9.17, 15) is 9.59 Å². The van der Waals surface area contributed by atoms with Crippen LogP contribution in [0.15, 0.2) is 48.5 Å². The topological polar surface area (TPSA) is 52.6 Å². The molecule has 0 radical (unpaired) electrons. The van der Waals surface area contributed by atoms with Crippen molar-refractivity contribution < 1.29 is 9.59 Å². The highest BCUT2D eigenvalue weighted by atomic mass is 16.2. The van der Waals surface area contributed by atoms with Crippen molar-refractivity contribution in [2.24, 2.45) is 11.8 Å². The van der Waals surface area contributed by atoms with E-state index in [2.05, 4.69) is 54.7 Å². The Balaban J connectivity index is 1.58. The number of rotatable bonds is 5. The molecule has 2 amide bonds. The summed E-state index contributed by atoms with van der Waals surface area (Å²) in [5.41, 5.74) is 4.74. The summed E-state index contributed by atoms with van der Waals surface area (Å²) in [4.78, 5) is 30.6. The van der Waals surface area contributed by atoms with Gasteiger partial charge >= 0.3 is 0 Å². The van der Waals surface area contributed by atoms with Crippen LogP contribution in [0, 0.1) is 18.8 Å². The smallest absolute Gasteiger partial charge is 0.227 e. The van der Waals surface area contributed by atoms with E-state index in [1.165, 1.54) is 22.3 Å². The molecule has 2 aliphatic heterocycles. The van der Waals surface area contributed by atoms with Crippen LogP contribution in [0.2, 0.25) is 0 Å². The Kier molecular flexibility index (Phi) is 7.26. The zero-order valence-electron chi connectivity index (χ0n) is 19.3. The lowest BCUT2D eigenvalue weighted by Gasteiger charge is -2.30. The van der Waals surface area contributed by atoms with Gasteiger partial charge in [0.1, 0.15) is 0 Å². The summed E-state index contributed by atoms with van der Waals surface area (Å²) >= 11 is 0. The van der Waals surface area contributed by atoms with E-state index >= 15 is 0 Å². The van der Waals surface area contributed by atoms with Crippen LogP contribution in [0.1, 0.15) is 30.9 Å². The Morgan fingerprint density at radius 3 is 2.47 bits per heavy atom. The number of likely N-dealkylation sites (N-methyl/N-ethyl adjacent to an activating group) is 1. The first-order chi connectivity index (χ1) is 15.6. The molecule has 0 aromatic heterocycles. The van der Waals surface area contributed by atoms with Gasteiger partial charge < -0.3 is 15.1 Å². The number of carbonyl (C=O) groups is 2. The van der Waals surface area contributed by atoms with Crippen LogP contribution in [-0.4, -0.2) is 60.9 Å². The SMILES string of the molecule is CCN1CCN(C(=O)C2CCNCC2)C[C@@H](Cc2ccccc2-c2ccc(C)cc2)C1=O. The highest BCUT2D eigenvalue weighted by Crippen LogP contribution is 2.28. The van der Waals surface area contributed by atoms with Gasteiger partial charge in [-0.3, -0.25) is 9.59 Å². The van der Waals surface area contributed by atoms with Crippen LogP contribution in [-0.2, 0) is 16.0 Å². The summed E-state index contributed by atoms with van der Waals surface area (Å²) < 4.78 is 0. The van der Waals surface area contributed by atoms with E-state index in [-0.39, 0.29) is 23.7 Å². The Hall–Kier alpha value is -2.66. The van der Waals surface area contributed by atoms with Crippen molar-refractivity contribution in [3.63, 3.8) is 0 Å². The van der Waals surface area contributed by atoms with Crippen molar-refractivity contribution in [1.82, 2.24) is 15.1 Å². The van der Waals surface area contributed by atoms with Crippen molar-refractivity contribution in [1.29, 1.82) is 0 Å². The molecular weight excluding hydrogens is 398 g/mol. The zero-order valence-corrected chi connectivity index (χ0v) is 19.3. The molecule has 2 aromatic rings. The fraction of sp³-hybridized carbons (Fsp3) is 0.481. The highest BCUT2D eigenvalue weighted by molar-refractivity contribution is 5.83. The molecule has 1 N–H and O–H groups in total. The average molecular weight is 434 g/mol. The second-order valence-corrected chi connectivity index (χ2v) is 9.15. The predicted molar refractivity (Wildman–Crippen MR) is 128 cm³/mol. The van der Waals surface area contributed by atoms with Crippen molar-refractivity contribution in [2.45, 2.75) is 33.1 Å². The first-order valence-electron chi connectivity index (χ1n) is 12.0. The molecule has 5 heteroatoms. The van der Waals surface area contributed by atoms with Crippen LogP contribution in [0.25, 0.3) is 11.1 Å². The Morgan fingerprint density at radius 1 is 1.03 bits per heavy atom. The quantitative estimate of drug-likeness (QED) is 0.785. The van der Waals surface area contributed by atoms with E-state index in [0.717, 1.165) is 25.9 Å². The maximum atomic E-state index is 13.4. The molecule has 5 nitrogen and oxygen atoms in total. The summed E-state index contributed by atoms with van der Waals surface area (Å²) in [6.07, 6.45) is 2.43. The number of benzene rings is 2. The van der Waals surface area contributed by atoms with Gasteiger partial charge in [0.25, 0.3) is 0 Å². The van der Waals surface area contributed by atoms with Gasteiger partial charge in [0.2, 0.25) is 11.8 Å². The minimum atomic E-state index is -0.213. The van der Waals surface area contributed by atoms with Crippen molar-refractivity contribution in [3.8, 4) is 11.1 Å². The lowest BCUT2D eigenvalue weighted by molar-refractivity contribution is -0.137. The molecule has 2 heterocycles. The summed E-state index contributed by atoms with van der Waals surface area (Å²) in [6.45, 7) is 8.38. The van der Waals surface area contributed by atoms with Gasteiger partial charge in [0, 0.05) is 32.1 Å². The van der Waals surface area contributed by atoms with Crippen LogP contribution >= 0.6 is 0 Å². The minimum Gasteiger partial charge on any atom is -0.341 e. The van der Waals surface area contributed by atoms with Crippen LogP contribution in [0.5, 0.6) is 0 Å². The first-order valence-corrected chi connectivity index (χ1v) is 12.0. The van der Waals surface area contributed by atoms with Crippen molar-refractivity contribution >= 4 is 11.8 Å². The Labute approximate surface area is 191 Å². The molecule has 4 rings (SSSR count). The summed E-state index contributed by atoms with van der Waals surface area (Å²) in [5.74, 6) is 0.274. The molecule has 2 fully saturated rings. The average Bonchev–Trinajstić information content (AvgIpc) is 2.99. The summed E-state index contributed by atoms with van der Waals surface area (Å²) in [6, 6.07) is 16.9. The number of amides is 2. The van der Waals surface area contributed by atoms with Gasteiger partial charge in [0.05, 0.1) is 5.92 Å². The molecule has 170 valence electrons. The van der Waals surface area contributed by atoms with Crippen molar-refractivity contribution in [2.75, 3.05) is 39.3 Å². The van der Waals surface area contributed by atoms with Gasteiger partial charge in [-0.05, 0) is 62.9 Å². The first kappa shape index (κ1) is 22.5. The molecule has 2 aliphatic rings. The molecule has 32 heavy (non-hydrogen) atoms. The number of hydrogen-bond donors (Lipinski definition) is 1. The monoisotopic (exact) mass is 433 g/mol. The van der Waals surface area contributed by atoms with Gasteiger partial charge in [-0.1, -0.05) is 54.1 Å². The molecule has 0 unspecified atom stereocenters. The fourth-order valence-electron chi connectivity index (χ4n) is 5.02. The number of hydrogen-bond acceptors (Lipinski definition) is 3. The standard InChI is InChI=1S/C27H35N3O2/c1-3-29-16-17-30(26(31)22-12-14-28-15-13-22)19-24(27(29)32)18-23-6-4-5-7-25(23)21-10-8-20(2)9-11-21/h4-11,22,24,28H,3,12-19H2,1-2H3/t24-/m1/s1. The highest BCUT2D eigenvalue weighted by Gasteiger charge is 2.34. The third-order valence-electron chi connectivity index (χ3n) is 6.97. The van der Waals surface area contributed by atoms with Crippen LogP contribution in [0.4, 0.5) is 0 Å². The normalized spacial score (nSPS) is 20.3. The Bertz CT molecular complexity index is 934. The molecule has 0 spiro atoms. The fourth-order valence-corrected chi connectivity index (χ4v) is 5.02. The molecule has 2 aromatic carbocycles.